The van der Waals surface area contributed by atoms with Crippen LogP contribution in [0.3, 0.4) is 0 Å². The Morgan fingerprint density at radius 3 is 2.62 bits per heavy atom. The average molecular weight is 369 g/mol. The first-order valence-corrected chi connectivity index (χ1v) is 8.80. The maximum absolute atomic E-state index is 12.5. The number of carbonyl (C=O) groups is 1. The minimum atomic E-state index is 0.000117. The monoisotopic (exact) mass is 368 g/mol. The number of halogens is 1. The summed E-state index contributed by atoms with van der Waals surface area (Å²) in [6.07, 6.45) is 5.98. The number of thiol groups is 1. The van der Waals surface area contributed by atoms with Gasteiger partial charge < -0.3 is 10.2 Å². The van der Waals surface area contributed by atoms with E-state index in [1.54, 1.807) is 0 Å². The van der Waals surface area contributed by atoms with Crippen LogP contribution < -0.4 is 5.32 Å². The van der Waals surface area contributed by atoms with Gasteiger partial charge in [-0.3, -0.25) is 4.79 Å². The third-order valence-corrected chi connectivity index (χ3v) is 5.74. The van der Waals surface area contributed by atoms with Gasteiger partial charge in [0.15, 0.2) is 0 Å². The van der Waals surface area contributed by atoms with Crippen LogP contribution in [-0.4, -0.2) is 36.0 Å². The highest BCUT2D eigenvalue weighted by Gasteiger charge is 2.36. The van der Waals surface area contributed by atoms with Crippen molar-refractivity contribution in [3.8, 4) is 0 Å². The quantitative estimate of drug-likeness (QED) is 0.783. The van der Waals surface area contributed by atoms with Crippen molar-refractivity contribution in [3.63, 3.8) is 0 Å². The molecule has 0 aromatic heterocycles. The van der Waals surface area contributed by atoms with E-state index in [-0.39, 0.29) is 5.91 Å². The van der Waals surface area contributed by atoms with Crippen LogP contribution in [-0.2, 0) is 0 Å². The summed E-state index contributed by atoms with van der Waals surface area (Å²) >= 11 is 7.80. The van der Waals surface area contributed by atoms with Crippen LogP contribution in [0, 0.1) is 0 Å². The third kappa shape index (κ3) is 3.30. The lowest BCUT2D eigenvalue weighted by Crippen LogP contribution is -2.55. The second kappa shape index (κ2) is 6.31. The van der Waals surface area contributed by atoms with Crippen LogP contribution in [0.15, 0.2) is 27.6 Å². The van der Waals surface area contributed by atoms with E-state index in [9.17, 15) is 4.79 Å². The fraction of sp³-hybridized carbons (Fsp3) is 0.562. The zero-order valence-electron chi connectivity index (χ0n) is 12.2. The molecule has 0 aliphatic carbocycles. The van der Waals surface area contributed by atoms with Crippen molar-refractivity contribution in [1.82, 2.24) is 10.2 Å². The van der Waals surface area contributed by atoms with Gasteiger partial charge in [0.05, 0.1) is 5.56 Å². The van der Waals surface area contributed by atoms with Crippen molar-refractivity contribution in [2.75, 3.05) is 7.05 Å². The van der Waals surface area contributed by atoms with E-state index in [4.69, 9.17) is 0 Å². The normalized spacial score (nSPS) is 29.2. The molecule has 2 unspecified atom stereocenters. The first-order chi connectivity index (χ1) is 10.0. The standard InChI is InChI=1S/C16H21BrN2OS/c1-19-12-3-2-4-13(19)9-11(8-12)18-16(20)14-6-5-10(17)7-15(14)21/h5-7,11-13,21H,2-4,8-9H2,1H3,(H,18,20). The molecule has 2 heterocycles. The molecule has 5 heteroatoms. The van der Waals surface area contributed by atoms with E-state index >= 15 is 0 Å². The molecule has 1 amide bonds. The summed E-state index contributed by atoms with van der Waals surface area (Å²) in [6.45, 7) is 0. The molecular formula is C16H21BrN2OS. The Balaban J connectivity index is 1.68. The van der Waals surface area contributed by atoms with E-state index in [1.165, 1.54) is 19.3 Å². The van der Waals surface area contributed by atoms with Gasteiger partial charge in [0, 0.05) is 27.5 Å². The second-order valence-electron chi connectivity index (χ2n) is 6.21. The number of benzene rings is 1. The fourth-order valence-corrected chi connectivity index (χ4v) is 4.55. The van der Waals surface area contributed by atoms with Gasteiger partial charge >= 0.3 is 0 Å². The van der Waals surface area contributed by atoms with E-state index in [0.717, 1.165) is 22.2 Å². The lowest BCUT2D eigenvalue weighted by Gasteiger charge is -2.47. The predicted molar refractivity (Wildman–Crippen MR) is 91.1 cm³/mol. The molecule has 2 aliphatic heterocycles. The van der Waals surface area contributed by atoms with Gasteiger partial charge in [-0.15, -0.1) is 12.6 Å². The molecule has 3 nitrogen and oxygen atoms in total. The molecule has 1 N–H and O–H groups in total. The summed E-state index contributed by atoms with van der Waals surface area (Å²) in [7, 11) is 2.23. The van der Waals surface area contributed by atoms with Crippen LogP contribution in [0.25, 0.3) is 0 Å². The van der Waals surface area contributed by atoms with Crippen molar-refractivity contribution in [2.45, 2.75) is 55.1 Å². The van der Waals surface area contributed by atoms with Crippen molar-refractivity contribution in [1.29, 1.82) is 0 Å². The molecule has 0 saturated carbocycles. The SMILES string of the molecule is CN1C2CCCC1CC(NC(=O)c1ccc(Br)cc1S)C2. The first kappa shape index (κ1) is 15.4. The van der Waals surface area contributed by atoms with Crippen LogP contribution in [0.2, 0.25) is 0 Å². The number of nitrogens with one attached hydrogen (secondary N) is 1. The summed E-state index contributed by atoms with van der Waals surface area (Å²) in [5.41, 5.74) is 0.658. The Kier molecular flexibility index (Phi) is 4.62. The van der Waals surface area contributed by atoms with Gasteiger partial charge in [-0.1, -0.05) is 22.4 Å². The van der Waals surface area contributed by atoms with Crippen LogP contribution in [0.1, 0.15) is 42.5 Å². The Hall–Kier alpha value is -0.520. The van der Waals surface area contributed by atoms with Crippen molar-refractivity contribution >= 4 is 34.5 Å². The van der Waals surface area contributed by atoms with Gasteiger partial charge in [-0.25, -0.2) is 0 Å². The summed E-state index contributed by atoms with van der Waals surface area (Å²) in [5.74, 6) is 0.000117. The highest BCUT2D eigenvalue weighted by atomic mass is 79.9. The molecule has 1 aromatic rings. The Bertz CT molecular complexity index is 537. The second-order valence-corrected chi connectivity index (χ2v) is 7.60. The molecule has 21 heavy (non-hydrogen) atoms. The van der Waals surface area contributed by atoms with Crippen molar-refractivity contribution in [2.24, 2.45) is 0 Å². The Morgan fingerprint density at radius 2 is 2.00 bits per heavy atom. The van der Waals surface area contributed by atoms with Gasteiger partial charge in [0.2, 0.25) is 0 Å². The third-order valence-electron chi connectivity index (χ3n) is 4.88. The van der Waals surface area contributed by atoms with Crippen LogP contribution >= 0.6 is 28.6 Å². The summed E-state index contributed by atoms with van der Waals surface area (Å²) in [6, 6.07) is 7.13. The molecule has 1 aromatic carbocycles. The minimum absolute atomic E-state index is 0.000117. The lowest BCUT2D eigenvalue weighted by atomic mass is 9.82. The van der Waals surface area contributed by atoms with Gasteiger partial charge in [-0.2, -0.15) is 0 Å². The summed E-state index contributed by atoms with van der Waals surface area (Å²) < 4.78 is 0.942. The number of rotatable bonds is 2. The number of carbonyl (C=O) groups excluding carboxylic acids is 1. The molecule has 2 fully saturated rings. The highest BCUT2D eigenvalue weighted by Crippen LogP contribution is 2.32. The molecule has 2 aliphatic rings. The topological polar surface area (TPSA) is 32.3 Å². The highest BCUT2D eigenvalue weighted by molar-refractivity contribution is 9.10. The summed E-state index contributed by atoms with van der Waals surface area (Å²) in [5, 5.41) is 3.21. The van der Waals surface area contributed by atoms with Crippen LogP contribution in [0.5, 0.6) is 0 Å². The van der Waals surface area contributed by atoms with Gasteiger partial charge in [0.1, 0.15) is 0 Å². The molecule has 114 valence electrons. The molecule has 0 spiro atoms. The van der Waals surface area contributed by atoms with E-state index in [0.29, 0.717) is 23.7 Å². The number of hydrogen-bond donors (Lipinski definition) is 2. The maximum Gasteiger partial charge on any atom is 0.252 e. The fourth-order valence-electron chi connectivity index (χ4n) is 3.69. The van der Waals surface area contributed by atoms with Crippen LogP contribution in [0.4, 0.5) is 0 Å². The molecular weight excluding hydrogens is 348 g/mol. The van der Waals surface area contributed by atoms with E-state index in [2.05, 4.69) is 45.8 Å². The molecule has 0 radical (unpaired) electrons. The first-order valence-electron chi connectivity index (χ1n) is 7.56. The largest absolute Gasteiger partial charge is 0.349 e. The van der Waals surface area contributed by atoms with Gasteiger partial charge in [-0.05, 0) is 50.9 Å². The van der Waals surface area contributed by atoms with Crippen molar-refractivity contribution in [3.05, 3.63) is 28.2 Å². The zero-order chi connectivity index (χ0) is 15.0. The predicted octanol–water partition coefficient (Wildman–Crippen LogP) is 3.48. The van der Waals surface area contributed by atoms with Crippen molar-refractivity contribution < 1.29 is 4.79 Å². The Morgan fingerprint density at radius 1 is 1.33 bits per heavy atom. The molecule has 2 atom stereocenters. The molecule has 2 saturated heterocycles. The van der Waals surface area contributed by atoms with Gasteiger partial charge in [0.25, 0.3) is 5.91 Å². The van der Waals surface area contributed by atoms with E-state index in [1.807, 2.05) is 18.2 Å². The smallest absolute Gasteiger partial charge is 0.252 e. The number of fused-ring (bicyclic) bond motifs is 2. The number of piperidine rings is 2. The molecule has 2 bridgehead atoms. The maximum atomic E-state index is 12.5. The number of amides is 1. The molecule has 3 rings (SSSR count). The summed E-state index contributed by atoms with van der Waals surface area (Å²) in [4.78, 5) is 15.7. The van der Waals surface area contributed by atoms with E-state index < -0.39 is 0 Å². The zero-order valence-corrected chi connectivity index (χ0v) is 14.7. The average Bonchev–Trinajstić information content (AvgIpc) is 2.39. The minimum Gasteiger partial charge on any atom is -0.349 e. The Labute approximate surface area is 140 Å². The lowest BCUT2D eigenvalue weighted by molar-refractivity contribution is 0.0462. The number of hydrogen-bond acceptors (Lipinski definition) is 3. The number of nitrogens with zero attached hydrogens (tertiary/aromatic N) is 1.